The zero-order chi connectivity index (χ0) is 17.4. The fraction of sp³-hybridized carbons (Fsp3) is 0.526. The maximum atomic E-state index is 12.4. The van der Waals surface area contributed by atoms with Crippen LogP contribution < -0.4 is 5.32 Å². The van der Waals surface area contributed by atoms with Gasteiger partial charge in [-0.15, -0.1) is 0 Å². The van der Waals surface area contributed by atoms with Crippen LogP contribution in [0, 0.1) is 16.6 Å². The highest BCUT2D eigenvalue weighted by atomic mass is 32.1. The van der Waals surface area contributed by atoms with E-state index in [1.165, 1.54) is 24.0 Å². The van der Waals surface area contributed by atoms with Crippen molar-refractivity contribution >= 4 is 18.1 Å². The Labute approximate surface area is 152 Å². The van der Waals surface area contributed by atoms with Gasteiger partial charge in [0, 0.05) is 13.0 Å². The number of aryl methyl sites for hydroxylation is 2. The normalized spacial score (nSPS) is 23.6. The van der Waals surface area contributed by atoms with Gasteiger partial charge in [0.05, 0.1) is 0 Å². The minimum Gasteiger partial charge on any atom is -0.354 e. The van der Waals surface area contributed by atoms with Gasteiger partial charge >= 0.3 is 0 Å². The first-order valence-corrected chi connectivity index (χ1v) is 9.58. The van der Waals surface area contributed by atoms with Gasteiger partial charge in [0.15, 0.2) is 4.77 Å². The SMILES string of the molecule is CCCc1n[nH]c(=S)n1CC(=O)NC[C@@H]1[C@H]2CCc3ccccc3[C@H]21. The lowest BCUT2D eigenvalue weighted by Gasteiger charge is -2.13. The zero-order valence-corrected chi connectivity index (χ0v) is 15.3. The molecular weight excluding hydrogens is 332 g/mol. The number of hydrogen-bond acceptors (Lipinski definition) is 3. The molecule has 0 aliphatic heterocycles. The molecule has 0 bridgehead atoms. The molecule has 1 aromatic heterocycles. The highest BCUT2D eigenvalue weighted by molar-refractivity contribution is 7.71. The molecule has 4 rings (SSSR count). The molecule has 1 fully saturated rings. The first kappa shape index (κ1) is 16.5. The maximum Gasteiger partial charge on any atom is 0.240 e. The largest absolute Gasteiger partial charge is 0.354 e. The van der Waals surface area contributed by atoms with Crippen molar-refractivity contribution in [1.82, 2.24) is 20.1 Å². The minimum absolute atomic E-state index is 0.0202. The maximum absolute atomic E-state index is 12.4. The molecule has 0 saturated heterocycles. The first-order valence-electron chi connectivity index (χ1n) is 9.17. The van der Waals surface area contributed by atoms with Gasteiger partial charge in [0.2, 0.25) is 5.91 Å². The highest BCUT2D eigenvalue weighted by Gasteiger charge is 2.52. The lowest BCUT2D eigenvalue weighted by molar-refractivity contribution is -0.121. The average Bonchev–Trinajstić information content (AvgIpc) is 3.25. The summed E-state index contributed by atoms with van der Waals surface area (Å²) in [6.07, 6.45) is 4.22. The predicted molar refractivity (Wildman–Crippen MR) is 98.9 cm³/mol. The van der Waals surface area contributed by atoms with E-state index in [0.717, 1.165) is 31.1 Å². The summed E-state index contributed by atoms with van der Waals surface area (Å²) in [6.45, 7) is 3.11. The van der Waals surface area contributed by atoms with Crippen LogP contribution in [0.5, 0.6) is 0 Å². The number of aromatic nitrogens is 3. The molecule has 1 heterocycles. The molecule has 3 atom stereocenters. The molecule has 0 unspecified atom stereocenters. The fourth-order valence-corrected chi connectivity index (χ4v) is 4.56. The Balaban J connectivity index is 1.35. The smallest absolute Gasteiger partial charge is 0.240 e. The Morgan fingerprint density at radius 3 is 3.12 bits per heavy atom. The molecule has 2 aliphatic rings. The number of carbonyl (C=O) groups excluding carboxylic acids is 1. The van der Waals surface area contributed by atoms with E-state index in [-0.39, 0.29) is 12.5 Å². The molecular formula is C19H24N4OS. The van der Waals surface area contributed by atoms with E-state index in [9.17, 15) is 4.79 Å². The van der Waals surface area contributed by atoms with Gasteiger partial charge in [0.1, 0.15) is 12.4 Å². The topological polar surface area (TPSA) is 62.7 Å². The summed E-state index contributed by atoms with van der Waals surface area (Å²) >= 11 is 5.25. The summed E-state index contributed by atoms with van der Waals surface area (Å²) in [7, 11) is 0. The summed E-state index contributed by atoms with van der Waals surface area (Å²) in [5.41, 5.74) is 2.99. The van der Waals surface area contributed by atoms with Crippen molar-refractivity contribution in [3.8, 4) is 0 Å². The zero-order valence-electron chi connectivity index (χ0n) is 14.5. The van der Waals surface area contributed by atoms with Crippen LogP contribution in [0.15, 0.2) is 24.3 Å². The van der Waals surface area contributed by atoms with Gasteiger partial charge in [-0.3, -0.25) is 14.5 Å². The molecule has 132 valence electrons. The molecule has 2 aliphatic carbocycles. The van der Waals surface area contributed by atoms with Crippen molar-refractivity contribution in [1.29, 1.82) is 0 Å². The third-order valence-electron chi connectivity index (χ3n) is 5.64. The van der Waals surface area contributed by atoms with E-state index >= 15 is 0 Å². The number of nitrogens with one attached hydrogen (secondary N) is 2. The summed E-state index contributed by atoms with van der Waals surface area (Å²) < 4.78 is 2.33. The Kier molecular flexibility index (Phi) is 4.46. The molecule has 5 nitrogen and oxygen atoms in total. The van der Waals surface area contributed by atoms with Crippen LogP contribution >= 0.6 is 12.2 Å². The van der Waals surface area contributed by atoms with E-state index in [2.05, 4.69) is 46.7 Å². The Morgan fingerprint density at radius 2 is 2.28 bits per heavy atom. The summed E-state index contributed by atoms with van der Waals surface area (Å²) in [5, 5.41) is 10.1. The third kappa shape index (κ3) is 3.15. The van der Waals surface area contributed by atoms with Crippen LogP contribution in [0.2, 0.25) is 0 Å². The van der Waals surface area contributed by atoms with Crippen molar-refractivity contribution in [2.75, 3.05) is 6.54 Å². The molecule has 2 N–H and O–H groups in total. The Hall–Kier alpha value is -1.95. The number of hydrogen-bond donors (Lipinski definition) is 2. The number of H-pyrrole nitrogens is 1. The van der Waals surface area contributed by atoms with Gasteiger partial charge in [-0.05, 0) is 60.4 Å². The second-order valence-electron chi connectivity index (χ2n) is 7.18. The van der Waals surface area contributed by atoms with E-state index in [1.807, 2.05) is 4.57 Å². The summed E-state index contributed by atoms with van der Waals surface area (Å²) in [6, 6.07) is 8.76. The monoisotopic (exact) mass is 356 g/mol. The van der Waals surface area contributed by atoms with Gasteiger partial charge in [-0.2, -0.15) is 5.10 Å². The standard InChI is InChI=1S/C19H24N4OS/c1-2-5-16-21-22-19(25)23(16)11-17(24)20-10-15-14-9-8-12-6-3-4-7-13(12)18(14)15/h3-4,6-7,14-15,18H,2,5,8-11H2,1H3,(H,20,24)(H,22,25)/t14-,15-,18-/m1/s1. The van der Waals surface area contributed by atoms with Crippen molar-refractivity contribution in [2.45, 2.75) is 45.1 Å². The summed E-state index contributed by atoms with van der Waals surface area (Å²) in [5.74, 6) is 2.84. The van der Waals surface area contributed by atoms with Gasteiger partial charge < -0.3 is 5.32 Å². The van der Waals surface area contributed by atoms with Crippen molar-refractivity contribution in [3.63, 3.8) is 0 Å². The van der Waals surface area contributed by atoms with Crippen LogP contribution in [0.1, 0.15) is 42.6 Å². The van der Waals surface area contributed by atoms with Crippen molar-refractivity contribution in [2.24, 2.45) is 11.8 Å². The second-order valence-corrected chi connectivity index (χ2v) is 7.56. The van der Waals surface area contributed by atoms with E-state index in [0.29, 0.717) is 16.6 Å². The highest BCUT2D eigenvalue weighted by Crippen LogP contribution is 2.59. The lowest BCUT2D eigenvalue weighted by Crippen LogP contribution is -2.30. The predicted octanol–water partition coefficient (Wildman–Crippen LogP) is 2.99. The van der Waals surface area contributed by atoms with E-state index in [1.54, 1.807) is 0 Å². The first-order chi connectivity index (χ1) is 12.2. The number of rotatable bonds is 6. The van der Waals surface area contributed by atoms with Gasteiger partial charge in [-0.1, -0.05) is 31.2 Å². The molecule has 25 heavy (non-hydrogen) atoms. The molecule has 0 spiro atoms. The minimum atomic E-state index is 0.0202. The number of nitrogens with zero attached hydrogens (tertiary/aromatic N) is 2. The Morgan fingerprint density at radius 1 is 1.44 bits per heavy atom. The third-order valence-corrected chi connectivity index (χ3v) is 5.95. The van der Waals surface area contributed by atoms with Crippen LogP contribution in [0.4, 0.5) is 0 Å². The summed E-state index contributed by atoms with van der Waals surface area (Å²) in [4.78, 5) is 12.4. The van der Waals surface area contributed by atoms with Crippen LogP contribution in [-0.2, 0) is 24.2 Å². The number of benzene rings is 1. The van der Waals surface area contributed by atoms with Gasteiger partial charge in [0.25, 0.3) is 0 Å². The number of fused-ring (bicyclic) bond motifs is 3. The average molecular weight is 356 g/mol. The van der Waals surface area contributed by atoms with Crippen LogP contribution in [0.3, 0.4) is 0 Å². The molecule has 1 amide bonds. The number of aromatic amines is 1. The lowest BCUT2D eigenvalue weighted by atomic mass is 9.92. The second kappa shape index (κ2) is 6.75. The Bertz CT molecular complexity index is 840. The molecule has 2 aromatic rings. The quantitative estimate of drug-likeness (QED) is 0.782. The van der Waals surface area contributed by atoms with Crippen molar-refractivity contribution in [3.05, 3.63) is 46.0 Å². The molecule has 6 heteroatoms. The molecule has 1 saturated carbocycles. The fourth-order valence-electron chi connectivity index (χ4n) is 4.35. The molecule has 0 radical (unpaired) electrons. The number of carbonyl (C=O) groups is 1. The molecule has 1 aromatic carbocycles. The van der Waals surface area contributed by atoms with Crippen LogP contribution in [0.25, 0.3) is 0 Å². The number of amides is 1. The van der Waals surface area contributed by atoms with Gasteiger partial charge in [-0.25, -0.2) is 0 Å². The van der Waals surface area contributed by atoms with Crippen LogP contribution in [-0.4, -0.2) is 27.2 Å². The van der Waals surface area contributed by atoms with E-state index in [4.69, 9.17) is 12.2 Å². The van der Waals surface area contributed by atoms with E-state index < -0.39 is 0 Å². The van der Waals surface area contributed by atoms with Crippen molar-refractivity contribution < 1.29 is 4.79 Å².